The topological polar surface area (TPSA) is 44.5 Å². The van der Waals surface area contributed by atoms with Gasteiger partial charge >= 0.3 is 8.56 Å². The van der Waals surface area contributed by atoms with E-state index in [4.69, 9.17) is 14.6 Å². The van der Waals surface area contributed by atoms with Crippen LogP contribution in [0.15, 0.2) is 0 Å². The van der Waals surface area contributed by atoms with Crippen LogP contribution in [-0.2, 0) is 8.85 Å². The van der Waals surface area contributed by atoms with Crippen LogP contribution in [0.4, 0.5) is 0 Å². The molecule has 0 fully saturated rings. The minimum atomic E-state index is -1.87. The number of hydrogen-bond donors (Lipinski definition) is 1. The van der Waals surface area contributed by atoms with Crippen LogP contribution in [0.25, 0.3) is 0 Å². The van der Waals surface area contributed by atoms with Gasteiger partial charge in [0.2, 0.25) is 0 Å². The number of nitrogens with two attached hydrogens (primary N) is 1. The maximum atomic E-state index is 5.50. The van der Waals surface area contributed by atoms with Crippen LogP contribution >= 0.6 is 11.8 Å². The predicted octanol–water partition coefficient (Wildman–Crippen LogP) is 0.971. The van der Waals surface area contributed by atoms with Crippen LogP contribution < -0.4 is 5.73 Å². The summed E-state index contributed by atoms with van der Waals surface area (Å²) in [6.07, 6.45) is 0. The molecule has 2 N–H and O–H groups in total. The van der Waals surface area contributed by atoms with Crippen molar-refractivity contribution in [2.75, 3.05) is 26.1 Å². The largest absolute Gasteiger partial charge is 0.397 e. The highest BCUT2D eigenvalue weighted by atomic mass is 32.2. The highest BCUT2D eigenvalue weighted by molar-refractivity contribution is 8.01. The molecule has 0 rings (SSSR count). The van der Waals surface area contributed by atoms with Crippen molar-refractivity contribution in [3.8, 4) is 0 Å². The van der Waals surface area contributed by atoms with Gasteiger partial charge in [-0.1, -0.05) is 6.92 Å². The zero-order chi connectivity index (χ0) is 9.61. The number of thioether (sulfide) groups is 1. The molecule has 0 bridgehead atoms. The van der Waals surface area contributed by atoms with Gasteiger partial charge in [0.05, 0.1) is 0 Å². The van der Waals surface area contributed by atoms with Crippen LogP contribution in [0.5, 0.6) is 0 Å². The molecule has 0 aromatic heterocycles. The Kier molecular flexibility index (Phi) is 6.21. The Morgan fingerprint density at radius 1 is 1.42 bits per heavy atom. The van der Waals surface area contributed by atoms with E-state index in [0.717, 1.165) is 5.38 Å². The van der Waals surface area contributed by atoms with E-state index in [-0.39, 0.29) is 0 Å². The predicted molar refractivity (Wildman–Crippen MR) is 56.6 cm³/mol. The Morgan fingerprint density at radius 2 is 1.92 bits per heavy atom. The molecule has 0 heterocycles. The summed E-state index contributed by atoms with van der Waals surface area (Å²) in [6, 6.07) is 0. The van der Waals surface area contributed by atoms with Crippen LogP contribution in [-0.4, -0.2) is 40.0 Å². The lowest BCUT2D eigenvalue weighted by atomic mass is 10.5. The van der Waals surface area contributed by atoms with Crippen LogP contribution in [0.3, 0.4) is 0 Å². The molecule has 0 aliphatic carbocycles. The Morgan fingerprint density at radius 3 is 2.25 bits per heavy atom. The molecule has 74 valence electrons. The van der Waals surface area contributed by atoms with Gasteiger partial charge in [-0.05, 0) is 6.55 Å². The number of rotatable bonds is 6. The van der Waals surface area contributed by atoms with E-state index in [9.17, 15) is 0 Å². The third kappa shape index (κ3) is 4.47. The second-order valence-corrected chi connectivity index (χ2v) is 8.28. The van der Waals surface area contributed by atoms with Crippen molar-refractivity contribution >= 4 is 20.3 Å². The van der Waals surface area contributed by atoms with Gasteiger partial charge in [0.1, 0.15) is 0 Å². The van der Waals surface area contributed by atoms with Gasteiger partial charge in [-0.15, -0.1) is 0 Å². The quantitative estimate of drug-likeness (QED) is 0.662. The van der Waals surface area contributed by atoms with E-state index in [2.05, 4.69) is 13.5 Å². The van der Waals surface area contributed by atoms with Crippen molar-refractivity contribution < 1.29 is 8.85 Å². The van der Waals surface area contributed by atoms with Crippen LogP contribution in [0, 0.1) is 0 Å². The highest BCUT2D eigenvalue weighted by Crippen LogP contribution is 2.17. The molecular formula is C7H19NO2SSi. The third-order valence-corrected chi connectivity index (χ3v) is 7.08. The first-order valence-corrected chi connectivity index (χ1v) is 7.57. The van der Waals surface area contributed by atoms with Gasteiger partial charge in [-0.3, -0.25) is 0 Å². The van der Waals surface area contributed by atoms with E-state index in [1.807, 2.05) is 11.8 Å². The Bertz CT molecular complexity index is 122. The van der Waals surface area contributed by atoms with Gasteiger partial charge in [-0.25, -0.2) is 0 Å². The van der Waals surface area contributed by atoms with Crippen molar-refractivity contribution in [2.24, 2.45) is 5.73 Å². The molecule has 0 amide bonds. The highest BCUT2D eigenvalue weighted by Gasteiger charge is 2.29. The lowest BCUT2D eigenvalue weighted by Gasteiger charge is -2.23. The van der Waals surface area contributed by atoms with Gasteiger partial charge in [-0.2, -0.15) is 11.8 Å². The zero-order valence-corrected chi connectivity index (χ0v) is 10.1. The molecule has 0 aromatic rings. The van der Waals surface area contributed by atoms with E-state index >= 15 is 0 Å². The number of hydrogen-bond acceptors (Lipinski definition) is 4. The SMILES string of the molecule is CO[Si](C)(CSC(C)CN)OC. The standard InChI is InChI=1S/C7H19NO2SSi/c1-7(5-8)11-6-12(4,9-2)10-3/h7H,5-6,8H2,1-4H3. The van der Waals surface area contributed by atoms with E-state index < -0.39 is 8.56 Å². The lowest BCUT2D eigenvalue weighted by molar-refractivity contribution is 0.256. The molecule has 1 atom stereocenters. The van der Waals surface area contributed by atoms with Crippen LogP contribution in [0.2, 0.25) is 6.55 Å². The molecule has 0 aliphatic heterocycles. The first-order chi connectivity index (χ1) is 5.58. The average Bonchev–Trinajstić information content (AvgIpc) is 2.13. The Hall–Kier alpha value is 0.447. The van der Waals surface area contributed by atoms with Gasteiger partial charge in [0, 0.05) is 31.4 Å². The fourth-order valence-electron chi connectivity index (χ4n) is 0.563. The van der Waals surface area contributed by atoms with E-state index in [1.54, 1.807) is 14.2 Å². The molecular weight excluding hydrogens is 190 g/mol. The monoisotopic (exact) mass is 209 g/mol. The van der Waals surface area contributed by atoms with E-state index in [1.165, 1.54) is 0 Å². The van der Waals surface area contributed by atoms with Crippen molar-refractivity contribution in [3.05, 3.63) is 0 Å². The summed E-state index contributed by atoms with van der Waals surface area (Å²) in [7, 11) is 1.55. The summed E-state index contributed by atoms with van der Waals surface area (Å²) < 4.78 is 10.7. The van der Waals surface area contributed by atoms with Gasteiger partial charge < -0.3 is 14.6 Å². The average molecular weight is 209 g/mol. The summed E-state index contributed by atoms with van der Waals surface area (Å²) in [5.74, 6) is 0. The first kappa shape index (κ1) is 12.4. The van der Waals surface area contributed by atoms with Crippen molar-refractivity contribution in [1.82, 2.24) is 0 Å². The fraction of sp³-hybridized carbons (Fsp3) is 1.00. The Labute approximate surface area is 80.2 Å². The molecule has 5 heteroatoms. The molecule has 0 aliphatic rings. The summed E-state index contributed by atoms with van der Waals surface area (Å²) >= 11 is 1.82. The zero-order valence-electron chi connectivity index (χ0n) is 8.29. The van der Waals surface area contributed by atoms with Crippen molar-refractivity contribution in [1.29, 1.82) is 0 Å². The molecule has 0 aromatic carbocycles. The molecule has 0 saturated heterocycles. The second-order valence-electron chi connectivity index (χ2n) is 2.90. The normalized spacial score (nSPS) is 14.8. The fourth-order valence-corrected chi connectivity index (χ4v) is 4.16. The summed E-state index contributed by atoms with van der Waals surface area (Å²) in [4.78, 5) is 0. The molecule has 12 heavy (non-hydrogen) atoms. The summed E-state index contributed by atoms with van der Waals surface area (Å²) in [5.41, 5.74) is 5.50. The van der Waals surface area contributed by atoms with Crippen molar-refractivity contribution in [3.63, 3.8) is 0 Å². The minimum absolute atomic E-state index is 0.488. The van der Waals surface area contributed by atoms with Gasteiger partial charge in [0.15, 0.2) is 0 Å². The first-order valence-electron chi connectivity index (χ1n) is 4.00. The lowest BCUT2D eigenvalue weighted by Crippen LogP contribution is -2.40. The maximum absolute atomic E-state index is 5.50. The minimum Gasteiger partial charge on any atom is -0.397 e. The smallest absolute Gasteiger partial charge is 0.344 e. The molecule has 0 spiro atoms. The summed E-state index contributed by atoms with van der Waals surface area (Å²) in [6.45, 7) is 4.89. The Balaban J connectivity index is 3.72. The van der Waals surface area contributed by atoms with Crippen LogP contribution in [0.1, 0.15) is 6.92 Å². The second kappa shape index (κ2) is 5.99. The van der Waals surface area contributed by atoms with Gasteiger partial charge in [0.25, 0.3) is 0 Å². The maximum Gasteiger partial charge on any atom is 0.344 e. The van der Waals surface area contributed by atoms with E-state index in [0.29, 0.717) is 11.8 Å². The third-order valence-electron chi connectivity index (χ3n) is 1.83. The molecule has 1 unspecified atom stereocenters. The van der Waals surface area contributed by atoms with Crippen molar-refractivity contribution in [2.45, 2.75) is 18.7 Å². The summed E-state index contributed by atoms with van der Waals surface area (Å²) in [5, 5.41) is 1.43. The molecule has 0 saturated carbocycles. The molecule has 3 nitrogen and oxygen atoms in total. The molecule has 0 radical (unpaired) electrons.